The van der Waals surface area contributed by atoms with E-state index in [0.29, 0.717) is 11.4 Å². The summed E-state index contributed by atoms with van der Waals surface area (Å²) in [6.45, 7) is 2.12. The Balaban J connectivity index is 1.36. The average Bonchev–Trinajstić information content (AvgIpc) is 3.47. The van der Waals surface area contributed by atoms with Gasteiger partial charge in [-0.2, -0.15) is 10.2 Å². The Morgan fingerprint density at radius 2 is 1.94 bits per heavy atom. The van der Waals surface area contributed by atoms with Crippen LogP contribution in [0.1, 0.15) is 35.4 Å². The van der Waals surface area contributed by atoms with Crippen molar-refractivity contribution in [3.8, 4) is 11.1 Å². The van der Waals surface area contributed by atoms with E-state index in [9.17, 15) is 4.79 Å². The third kappa shape index (κ3) is 3.76. The Morgan fingerprint density at radius 3 is 2.72 bits per heavy atom. The van der Waals surface area contributed by atoms with E-state index in [-0.39, 0.29) is 11.9 Å². The van der Waals surface area contributed by atoms with Crippen molar-refractivity contribution < 1.29 is 4.79 Å². The molecule has 5 rings (SSSR count). The van der Waals surface area contributed by atoms with Gasteiger partial charge in [0.2, 0.25) is 0 Å². The number of pyridine rings is 1. The molecule has 1 unspecified atom stereocenters. The Labute approximate surface area is 185 Å². The fourth-order valence-electron chi connectivity index (χ4n) is 3.92. The molecule has 7 nitrogen and oxygen atoms in total. The zero-order valence-corrected chi connectivity index (χ0v) is 17.6. The van der Waals surface area contributed by atoms with E-state index >= 15 is 0 Å². The lowest BCUT2D eigenvalue weighted by Crippen LogP contribution is -2.13. The van der Waals surface area contributed by atoms with Crippen molar-refractivity contribution in [3.63, 3.8) is 0 Å². The minimum absolute atomic E-state index is 0.110. The topological polar surface area (TPSA) is 88.5 Å². The summed E-state index contributed by atoms with van der Waals surface area (Å²) in [5.41, 5.74) is 4.97. The van der Waals surface area contributed by atoms with E-state index in [1.165, 1.54) is 5.56 Å². The molecule has 0 aliphatic carbocycles. The normalized spacial score (nSPS) is 12.0. The minimum atomic E-state index is -0.280. The molecule has 0 fully saturated rings. The number of amides is 1. The first kappa shape index (κ1) is 19.7. The molecule has 0 spiro atoms. The summed E-state index contributed by atoms with van der Waals surface area (Å²) in [7, 11) is 0. The highest BCUT2D eigenvalue weighted by Crippen LogP contribution is 2.26. The lowest BCUT2D eigenvalue weighted by molar-refractivity contribution is 0.102. The largest absolute Gasteiger partial charge is 0.318 e. The van der Waals surface area contributed by atoms with Gasteiger partial charge in [0.25, 0.3) is 5.91 Å². The summed E-state index contributed by atoms with van der Waals surface area (Å²) in [5, 5.41) is 15.4. The van der Waals surface area contributed by atoms with Gasteiger partial charge in [-0.05, 0) is 35.7 Å². The van der Waals surface area contributed by atoms with Crippen molar-refractivity contribution in [3.05, 3.63) is 96.7 Å². The van der Waals surface area contributed by atoms with Gasteiger partial charge in [-0.3, -0.25) is 19.6 Å². The Morgan fingerprint density at radius 1 is 1.06 bits per heavy atom. The summed E-state index contributed by atoms with van der Waals surface area (Å²) in [5.74, 6) is -0.280. The Hall–Kier alpha value is -4.26. The minimum Gasteiger partial charge on any atom is -0.318 e. The predicted molar refractivity (Wildman–Crippen MR) is 124 cm³/mol. The smallest absolute Gasteiger partial charge is 0.276 e. The molecule has 3 aromatic heterocycles. The van der Waals surface area contributed by atoms with Gasteiger partial charge in [-0.1, -0.05) is 49.4 Å². The van der Waals surface area contributed by atoms with Crippen molar-refractivity contribution >= 4 is 22.5 Å². The SMILES string of the molecule is CCC(c1ccccc1)n1cc(NC(=O)c2n[nH]c3cc(-c4cccnc4)ccc23)cn1. The molecule has 0 saturated heterocycles. The lowest BCUT2D eigenvalue weighted by atomic mass is 10.1. The number of rotatable bonds is 6. The summed E-state index contributed by atoms with van der Waals surface area (Å²) in [6, 6.07) is 20.1. The van der Waals surface area contributed by atoms with E-state index in [1.807, 2.05) is 65.6 Å². The van der Waals surface area contributed by atoms with Crippen LogP contribution in [0.5, 0.6) is 0 Å². The molecule has 1 atom stereocenters. The van der Waals surface area contributed by atoms with E-state index in [4.69, 9.17) is 0 Å². The van der Waals surface area contributed by atoms with Gasteiger partial charge >= 0.3 is 0 Å². The van der Waals surface area contributed by atoms with Gasteiger partial charge in [0.05, 0.1) is 23.4 Å². The quantitative estimate of drug-likeness (QED) is 0.400. The molecule has 7 heteroatoms. The summed E-state index contributed by atoms with van der Waals surface area (Å²) >= 11 is 0. The lowest BCUT2D eigenvalue weighted by Gasteiger charge is -2.15. The molecule has 0 saturated carbocycles. The third-order valence-electron chi connectivity index (χ3n) is 5.52. The number of anilines is 1. The highest BCUT2D eigenvalue weighted by Gasteiger charge is 2.17. The Bertz CT molecular complexity index is 1360. The van der Waals surface area contributed by atoms with Crippen molar-refractivity contribution in [1.82, 2.24) is 25.0 Å². The van der Waals surface area contributed by atoms with Crippen LogP contribution in [0.25, 0.3) is 22.0 Å². The molecule has 1 amide bonds. The molecule has 32 heavy (non-hydrogen) atoms. The van der Waals surface area contributed by atoms with Gasteiger partial charge < -0.3 is 5.32 Å². The van der Waals surface area contributed by atoms with Gasteiger partial charge in [-0.15, -0.1) is 0 Å². The summed E-state index contributed by atoms with van der Waals surface area (Å²) in [4.78, 5) is 17.1. The summed E-state index contributed by atoms with van der Waals surface area (Å²) < 4.78 is 1.88. The van der Waals surface area contributed by atoms with Crippen molar-refractivity contribution in [1.29, 1.82) is 0 Å². The van der Waals surface area contributed by atoms with Gasteiger partial charge in [-0.25, -0.2) is 0 Å². The summed E-state index contributed by atoms with van der Waals surface area (Å²) in [6.07, 6.45) is 7.96. The second-order valence-corrected chi connectivity index (χ2v) is 7.57. The number of fused-ring (bicyclic) bond motifs is 1. The Kier molecular flexibility index (Phi) is 5.21. The van der Waals surface area contributed by atoms with Crippen molar-refractivity contribution in [2.75, 3.05) is 5.32 Å². The van der Waals surface area contributed by atoms with Crippen LogP contribution in [0.15, 0.2) is 85.5 Å². The second kappa shape index (κ2) is 8.47. The highest BCUT2D eigenvalue weighted by molar-refractivity contribution is 6.11. The fraction of sp³-hybridized carbons (Fsp3) is 0.120. The van der Waals surface area contributed by atoms with Gasteiger partial charge in [0.1, 0.15) is 0 Å². The first-order chi connectivity index (χ1) is 15.7. The number of aromatic nitrogens is 5. The van der Waals surface area contributed by atoms with E-state index in [0.717, 1.165) is 28.5 Å². The number of aromatic amines is 1. The molecule has 2 N–H and O–H groups in total. The predicted octanol–water partition coefficient (Wildman–Crippen LogP) is 5.07. The molecule has 0 aliphatic rings. The maximum Gasteiger partial charge on any atom is 0.276 e. The fourth-order valence-corrected chi connectivity index (χ4v) is 3.92. The van der Waals surface area contributed by atoms with Crippen LogP contribution in [0, 0.1) is 0 Å². The molecular weight excluding hydrogens is 400 g/mol. The second-order valence-electron chi connectivity index (χ2n) is 7.57. The molecule has 0 aliphatic heterocycles. The number of carbonyl (C=O) groups is 1. The molecule has 0 bridgehead atoms. The van der Waals surface area contributed by atoms with Crippen LogP contribution < -0.4 is 5.32 Å². The van der Waals surface area contributed by atoms with Gasteiger partial charge in [0.15, 0.2) is 5.69 Å². The van der Waals surface area contributed by atoms with Crippen LogP contribution in [-0.2, 0) is 0 Å². The first-order valence-electron chi connectivity index (χ1n) is 10.5. The number of carbonyl (C=O) groups excluding carboxylic acids is 1. The number of benzene rings is 2. The number of hydrogen-bond donors (Lipinski definition) is 2. The molecular formula is C25H22N6O. The van der Waals surface area contributed by atoms with Crippen molar-refractivity contribution in [2.45, 2.75) is 19.4 Å². The molecule has 3 heterocycles. The number of nitrogens with one attached hydrogen (secondary N) is 2. The van der Waals surface area contributed by atoms with E-state index < -0.39 is 0 Å². The van der Waals surface area contributed by atoms with Crippen LogP contribution in [0.4, 0.5) is 5.69 Å². The third-order valence-corrected chi connectivity index (χ3v) is 5.52. The average molecular weight is 422 g/mol. The van der Waals surface area contributed by atoms with Crippen LogP contribution in [0.2, 0.25) is 0 Å². The van der Waals surface area contributed by atoms with E-state index in [2.05, 4.69) is 44.7 Å². The maximum atomic E-state index is 12.9. The molecule has 0 radical (unpaired) electrons. The zero-order chi connectivity index (χ0) is 21.9. The highest BCUT2D eigenvalue weighted by atomic mass is 16.2. The monoisotopic (exact) mass is 422 g/mol. The standard InChI is InChI=1S/C25H22N6O/c1-2-23(17-7-4-3-5-8-17)31-16-20(15-27-31)28-25(32)24-21-11-10-18(13-22(21)29-30-24)19-9-6-12-26-14-19/h3-16,23H,2H2,1H3,(H,28,32)(H,29,30). The molecule has 5 aromatic rings. The zero-order valence-electron chi connectivity index (χ0n) is 17.6. The van der Waals surface area contributed by atoms with Crippen LogP contribution in [0.3, 0.4) is 0 Å². The number of H-pyrrole nitrogens is 1. The van der Waals surface area contributed by atoms with Crippen LogP contribution >= 0.6 is 0 Å². The van der Waals surface area contributed by atoms with Crippen LogP contribution in [-0.4, -0.2) is 30.9 Å². The van der Waals surface area contributed by atoms with Gasteiger partial charge in [0, 0.05) is 29.5 Å². The molecule has 158 valence electrons. The maximum absolute atomic E-state index is 12.9. The van der Waals surface area contributed by atoms with E-state index in [1.54, 1.807) is 12.4 Å². The molecule has 2 aromatic carbocycles. The number of hydrogen-bond acceptors (Lipinski definition) is 4. The van der Waals surface area contributed by atoms with Crippen molar-refractivity contribution in [2.24, 2.45) is 0 Å². The first-order valence-corrected chi connectivity index (χ1v) is 10.5. The number of nitrogens with zero attached hydrogens (tertiary/aromatic N) is 4.